The van der Waals surface area contributed by atoms with Crippen LogP contribution in [0.2, 0.25) is 0 Å². The molecule has 0 saturated heterocycles. The SMILES string of the molecule is CCC(CC)(CN)NC(=O)c1cc(Br)cc([N+](=O)[O-])c1. The van der Waals surface area contributed by atoms with Crippen molar-refractivity contribution in [2.45, 2.75) is 32.2 Å². The molecule has 0 radical (unpaired) electrons. The smallest absolute Gasteiger partial charge is 0.271 e. The Hall–Kier alpha value is -1.47. The number of amides is 1. The van der Waals surface area contributed by atoms with Crippen LogP contribution in [0.15, 0.2) is 22.7 Å². The van der Waals surface area contributed by atoms with Gasteiger partial charge in [-0.1, -0.05) is 29.8 Å². The zero-order valence-electron chi connectivity index (χ0n) is 11.5. The van der Waals surface area contributed by atoms with E-state index in [0.29, 0.717) is 23.9 Å². The molecular weight excluding hydrogens is 326 g/mol. The highest BCUT2D eigenvalue weighted by Gasteiger charge is 2.27. The topological polar surface area (TPSA) is 98.3 Å². The van der Waals surface area contributed by atoms with E-state index in [1.54, 1.807) is 6.07 Å². The molecule has 0 bridgehead atoms. The maximum atomic E-state index is 12.3. The van der Waals surface area contributed by atoms with E-state index in [2.05, 4.69) is 21.2 Å². The van der Waals surface area contributed by atoms with Crippen molar-refractivity contribution in [2.75, 3.05) is 6.54 Å². The Balaban J connectivity index is 3.06. The number of non-ortho nitro benzene ring substituents is 1. The van der Waals surface area contributed by atoms with Gasteiger partial charge in [0.05, 0.1) is 10.5 Å². The third kappa shape index (κ3) is 3.77. The lowest BCUT2D eigenvalue weighted by molar-refractivity contribution is -0.385. The Morgan fingerprint density at radius 3 is 2.45 bits per heavy atom. The molecule has 0 atom stereocenters. The Morgan fingerprint density at radius 2 is 2.00 bits per heavy atom. The number of nitrogens with zero attached hydrogens (tertiary/aromatic N) is 1. The first-order valence-electron chi connectivity index (χ1n) is 6.35. The summed E-state index contributed by atoms with van der Waals surface area (Å²) in [5, 5.41) is 13.7. The van der Waals surface area contributed by atoms with Gasteiger partial charge in [0.25, 0.3) is 11.6 Å². The second-order valence-corrected chi connectivity index (χ2v) is 5.52. The van der Waals surface area contributed by atoms with Crippen LogP contribution in [0.5, 0.6) is 0 Å². The minimum absolute atomic E-state index is 0.129. The molecule has 6 nitrogen and oxygen atoms in total. The van der Waals surface area contributed by atoms with Crippen molar-refractivity contribution in [3.63, 3.8) is 0 Å². The minimum atomic E-state index is -0.530. The van der Waals surface area contributed by atoms with E-state index >= 15 is 0 Å². The number of carbonyl (C=O) groups is 1. The lowest BCUT2D eigenvalue weighted by atomic mass is 9.92. The number of hydrogen-bond donors (Lipinski definition) is 2. The zero-order chi connectivity index (χ0) is 15.3. The van der Waals surface area contributed by atoms with Crippen molar-refractivity contribution in [1.82, 2.24) is 5.32 Å². The highest BCUT2D eigenvalue weighted by atomic mass is 79.9. The fourth-order valence-corrected chi connectivity index (χ4v) is 2.37. The molecule has 1 amide bonds. The quantitative estimate of drug-likeness (QED) is 0.612. The van der Waals surface area contributed by atoms with Crippen molar-refractivity contribution >= 4 is 27.5 Å². The average Bonchev–Trinajstić information content (AvgIpc) is 2.44. The Bertz CT molecular complexity index is 507. The molecule has 0 saturated carbocycles. The van der Waals surface area contributed by atoms with E-state index in [0.717, 1.165) is 0 Å². The zero-order valence-corrected chi connectivity index (χ0v) is 13.1. The molecule has 0 spiro atoms. The number of halogens is 1. The second kappa shape index (κ2) is 6.81. The fraction of sp³-hybridized carbons (Fsp3) is 0.462. The van der Waals surface area contributed by atoms with Gasteiger partial charge in [-0.2, -0.15) is 0 Å². The molecule has 0 aliphatic rings. The van der Waals surface area contributed by atoms with Gasteiger partial charge in [-0.25, -0.2) is 0 Å². The predicted molar refractivity (Wildman–Crippen MR) is 80.6 cm³/mol. The Kier molecular flexibility index (Phi) is 5.64. The van der Waals surface area contributed by atoms with E-state index in [1.807, 2.05) is 13.8 Å². The molecule has 0 fully saturated rings. The number of benzene rings is 1. The number of nitrogens with one attached hydrogen (secondary N) is 1. The number of nitro benzene ring substituents is 1. The summed E-state index contributed by atoms with van der Waals surface area (Å²) in [5.41, 5.74) is 5.37. The van der Waals surface area contributed by atoms with Gasteiger partial charge in [0, 0.05) is 28.7 Å². The molecule has 7 heteroatoms. The van der Waals surface area contributed by atoms with Gasteiger partial charge in [0.15, 0.2) is 0 Å². The largest absolute Gasteiger partial charge is 0.345 e. The van der Waals surface area contributed by atoms with Gasteiger partial charge in [-0.3, -0.25) is 14.9 Å². The van der Waals surface area contributed by atoms with E-state index in [-0.39, 0.29) is 17.2 Å². The van der Waals surface area contributed by atoms with Crippen LogP contribution < -0.4 is 11.1 Å². The maximum Gasteiger partial charge on any atom is 0.271 e. The number of rotatable bonds is 6. The van der Waals surface area contributed by atoms with E-state index < -0.39 is 10.5 Å². The monoisotopic (exact) mass is 343 g/mol. The highest BCUT2D eigenvalue weighted by molar-refractivity contribution is 9.10. The summed E-state index contributed by atoms with van der Waals surface area (Å²) in [7, 11) is 0. The summed E-state index contributed by atoms with van der Waals surface area (Å²) in [6, 6.07) is 4.16. The average molecular weight is 344 g/mol. The highest BCUT2D eigenvalue weighted by Crippen LogP contribution is 2.22. The molecule has 0 heterocycles. The first kappa shape index (κ1) is 16.6. The molecule has 0 unspecified atom stereocenters. The third-order valence-corrected chi connectivity index (χ3v) is 3.94. The van der Waals surface area contributed by atoms with Gasteiger partial charge >= 0.3 is 0 Å². The molecule has 1 rings (SSSR count). The lowest BCUT2D eigenvalue weighted by Gasteiger charge is -2.31. The molecule has 0 aromatic heterocycles. The lowest BCUT2D eigenvalue weighted by Crippen LogP contribution is -2.52. The van der Waals surface area contributed by atoms with Crippen molar-refractivity contribution in [1.29, 1.82) is 0 Å². The van der Waals surface area contributed by atoms with E-state index in [4.69, 9.17) is 5.73 Å². The maximum absolute atomic E-state index is 12.3. The van der Waals surface area contributed by atoms with Crippen LogP contribution in [0.1, 0.15) is 37.0 Å². The van der Waals surface area contributed by atoms with Crippen LogP contribution in [0.3, 0.4) is 0 Å². The molecule has 110 valence electrons. The summed E-state index contributed by atoms with van der Waals surface area (Å²) in [6.45, 7) is 4.21. The number of nitrogens with two attached hydrogens (primary N) is 1. The molecule has 0 aliphatic carbocycles. The van der Waals surface area contributed by atoms with Gasteiger partial charge < -0.3 is 11.1 Å². The van der Waals surface area contributed by atoms with Crippen LogP contribution in [0.4, 0.5) is 5.69 Å². The summed E-state index contributed by atoms with van der Waals surface area (Å²) >= 11 is 3.17. The third-order valence-electron chi connectivity index (χ3n) is 3.48. The second-order valence-electron chi connectivity index (χ2n) is 4.60. The Morgan fingerprint density at radius 1 is 1.40 bits per heavy atom. The minimum Gasteiger partial charge on any atom is -0.345 e. The van der Waals surface area contributed by atoms with Gasteiger partial charge in [0.1, 0.15) is 0 Å². The molecule has 20 heavy (non-hydrogen) atoms. The molecule has 1 aromatic rings. The normalized spacial score (nSPS) is 11.2. The first-order valence-corrected chi connectivity index (χ1v) is 7.14. The molecule has 1 aromatic carbocycles. The number of carbonyl (C=O) groups excluding carboxylic acids is 1. The van der Waals surface area contributed by atoms with Crippen LogP contribution in [0, 0.1) is 10.1 Å². The van der Waals surface area contributed by atoms with Crippen LogP contribution in [0.25, 0.3) is 0 Å². The molecular formula is C13H18BrN3O3. The van der Waals surface area contributed by atoms with Crippen LogP contribution >= 0.6 is 15.9 Å². The van der Waals surface area contributed by atoms with Gasteiger partial charge in [-0.05, 0) is 18.9 Å². The van der Waals surface area contributed by atoms with Crippen molar-refractivity contribution < 1.29 is 9.72 Å². The van der Waals surface area contributed by atoms with Crippen molar-refractivity contribution in [3.8, 4) is 0 Å². The summed E-state index contributed by atoms with van der Waals surface area (Å²) in [6.07, 6.45) is 1.39. The summed E-state index contributed by atoms with van der Waals surface area (Å²) in [5.74, 6) is -0.358. The predicted octanol–water partition coefficient (Wildman–Crippen LogP) is 2.60. The molecule has 3 N–H and O–H groups in total. The van der Waals surface area contributed by atoms with Gasteiger partial charge in [0.2, 0.25) is 0 Å². The van der Waals surface area contributed by atoms with Gasteiger partial charge in [-0.15, -0.1) is 0 Å². The number of nitro groups is 1. The van der Waals surface area contributed by atoms with Crippen LogP contribution in [-0.2, 0) is 0 Å². The van der Waals surface area contributed by atoms with Crippen molar-refractivity contribution in [2.24, 2.45) is 5.73 Å². The molecule has 0 aliphatic heterocycles. The fourth-order valence-electron chi connectivity index (χ4n) is 1.89. The first-order chi connectivity index (χ1) is 9.37. The summed E-state index contributed by atoms with van der Waals surface area (Å²) < 4.78 is 0.489. The Labute approximate surface area is 126 Å². The standard InChI is InChI=1S/C13H18BrN3O3/c1-3-13(4-2,8-15)16-12(18)9-5-10(14)7-11(6-9)17(19)20/h5-7H,3-4,8,15H2,1-2H3,(H,16,18). The van der Waals surface area contributed by atoms with Crippen LogP contribution in [-0.4, -0.2) is 22.9 Å². The summed E-state index contributed by atoms with van der Waals surface area (Å²) in [4.78, 5) is 22.5. The number of hydrogen-bond acceptors (Lipinski definition) is 4. The van der Waals surface area contributed by atoms with E-state index in [9.17, 15) is 14.9 Å². The van der Waals surface area contributed by atoms with E-state index in [1.165, 1.54) is 12.1 Å². The van der Waals surface area contributed by atoms with Crippen molar-refractivity contribution in [3.05, 3.63) is 38.3 Å².